The molecule has 5 nitrogen and oxygen atoms in total. The molecular weight excluding hydrogens is 484 g/mol. The molecule has 1 heterocycles. The van der Waals surface area contributed by atoms with E-state index in [0.29, 0.717) is 11.7 Å². The van der Waals surface area contributed by atoms with Gasteiger partial charge in [0, 0.05) is 21.4 Å². The van der Waals surface area contributed by atoms with Gasteiger partial charge in [0.1, 0.15) is 0 Å². The van der Waals surface area contributed by atoms with E-state index in [9.17, 15) is 4.79 Å². The van der Waals surface area contributed by atoms with Gasteiger partial charge in [-0.15, -0.1) is 11.7 Å². The van der Waals surface area contributed by atoms with Gasteiger partial charge in [-0.3, -0.25) is 9.69 Å². The fourth-order valence-corrected chi connectivity index (χ4v) is 4.18. The van der Waals surface area contributed by atoms with Crippen molar-refractivity contribution >= 4 is 45.0 Å². The molecule has 32 heavy (non-hydrogen) atoms. The van der Waals surface area contributed by atoms with Crippen molar-refractivity contribution in [3.05, 3.63) is 102 Å². The van der Waals surface area contributed by atoms with Crippen LogP contribution in [-0.2, 0) is 11.3 Å². The molecule has 4 rings (SSSR count). The van der Waals surface area contributed by atoms with E-state index in [1.807, 2.05) is 84.9 Å². The maximum absolute atomic E-state index is 13.3. The smallest absolute Gasteiger partial charge is 0.242 e. The Labute approximate surface area is 199 Å². The molecule has 0 radical (unpaired) electrons. The summed E-state index contributed by atoms with van der Waals surface area (Å²) >= 11 is 4.79. The van der Waals surface area contributed by atoms with E-state index in [2.05, 4.69) is 32.6 Å². The zero-order valence-electron chi connectivity index (χ0n) is 17.3. The van der Waals surface area contributed by atoms with Crippen LogP contribution in [0.15, 0.2) is 107 Å². The highest BCUT2D eigenvalue weighted by molar-refractivity contribution is 9.10. The van der Waals surface area contributed by atoms with E-state index >= 15 is 0 Å². The standard InChI is InChI=1S/C25H21BrN4OS/c1-2-17-29-24(19-13-15-20(26)16-14-19)27-25(28-29)32-18-23(31)30(21-9-5-3-6-10-21)22-11-7-4-8-12-22/h2-16H,1,17-18H2. The number of halogens is 1. The normalized spacial score (nSPS) is 10.7. The van der Waals surface area contributed by atoms with E-state index in [0.717, 1.165) is 27.2 Å². The number of anilines is 2. The zero-order chi connectivity index (χ0) is 22.3. The van der Waals surface area contributed by atoms with Crippen molar-refractivity contribution in [1.29, 1.82) is 0 Å². The molecule has 1 aromatic heterocycles. The SMILES string of the molecule is C=CCn1nc(SCC(=O)N(c2ccccc2)c2ccccc2)nc1-c1ccc(Br)cc1. The van der Waals surface area contributed by atoms with Gasteiger partial charge in [-0.1, -0.05) is 82.3 Å². The monoisotopic (exact) mass is 504 g/mol. The lowest BCUT2D eigenvalue weighted by Gasteiger charge is -2.22. The summed E-state index contributed by atoms with van der Waals surface area (Å²) in [6, 6.07) is 27.2. The number of benzene rings is 3. The fraction of sp³-hybridized carbons (Fsp3) is 0.0800. The maximum Gasteiger partial charge on any atom is 0.242 e. The molecule has 160 valence electrons. The van der Waals surface area contributed by atoms with Gasteiger partial charge in [0.15, 0.2) is 5.82 Å². The van der Waals surface area contributed by atoms with E-state index in [-0.39, 0.29) is 11.7 Å². The highest BCUT2D eigenvalue weighted by Gasteiger charge is 2.20. The first kappa shape index (κ1) is 22.0. The van der Waals surface area contributed by atoms with Crippen LogP contribution in [0.25, 0.3) is 11.4 Å². The van der Waals surface area contributed by atoms with Crippen LogP contribution in [0.3, 0.4) is 0 Å². The molecule has 0 bridgehead atoms. The molecule has 0 spiro atoms. The molecule has 0 saturated heterocycles. The molecule has 0 aliphatic heterocycles. The van der Waals surface area contributed by atoms with E-state index < -0.39 is 0 Å². The largest absolute Gasteiger partial charge is 0.280 e. The Kier molecular flexibility index (Phi) is 7.19. The second-order valence-electron chi connectivity index (χ2n) is 6.88. The Morgan fingerprint density at radius 1 is 0.969 bits per heavy atom. The molecule has 0 aliphatic rings. The minimum absolute atomic E-state index is 0.0438. The van der Waals surface area contributed by atoms with Crippen LogP contribution >= 0.6 is 27.7 Å². The van der Waals surface area contributed by atoms with Gasteiger partial charge in [0.25, 0.3) is 0 Å². The summed E-state index contributed by atoms with van der Waals surface area (Å²) in [5.74, 6) is 0.912. The van der Waals surface area contributed by atoms with Gasteiger partial charge in [-0.05, 0) is 36.4 Å². The Morgan fingerprint density at radius 2 is 1.56 bits per heavy atom. The predicted octanol–water partition coefficient (Wildman–Crippen LogP) is 6.35. The van der Waals surface area contributed by atoms with E-state index in [1.54, 1.807) is 15.7 Å². The molecule has 0 N–H and O–H groups in total. The Bertz CT molecular complexity index is 1150. The van der Waals surface area contributed by atoms with Crippen LogP contribution in [0.5, 0.6) is 0 Å². The number of nitrogens with zero attached hydrogens (tertiary/aromatic N) is 4. The van der Waals surface area contributed by atoms with Gasteiger partial charge in [0.2, 0.25) is 11.1 Å². The Morgan fingerprint density at radius 3 is 2.12 bits per heavy atom. The van der Waals surface area contributed by atoms with Crippen LogP contribution in [0.4, 0.5) is 11.4 Å². The number of rotatable bonds is 8. The van der Waals surface area contributed by atoms with E-state index in [1.165, 1.54) is 11.8 Å². The summed E-state index contributed by atoms with van der Waals surface area (Å²) in [6.07, 6.45) is 1.78. The fourth-order valence-electron chi connectivity index (χ4n) is 3.23. The first-order chi connectivity index (χ1) is 15.7. The highest BCUT2D eigenvalue weighted by atomic mass is 79.9. The molecule has 0 aliphatic carbocycles. The third-order valence-electron chi connectivity index (χ3n) is 4.66. The minimum atomic E-state index is -0.0438. The molecule has 7 heteroatoms. The summed E-state index contributed by atoms with van der Waals surface area (Å²) < 4.78 is 2.80. The van der Waals surface area contributed by atoms with Gasteiger partial charge >= 0.3 is 0 Å². The summed E-state index contributed by atoms with van der Waals surface area (Å²) in [4.78, 5) is 19.7. The number of hydrogen-bond acceptors (Lipinski definition) is 4. The summed E-state index contributed by atoms with van der Waals surface area (Å²) in [5.41, 5.74) is 2.60. The predicted molar refractivity (Wildman–Crippen MR) is 134 cm³/mol. The molecule has 0 unspecified atom stereocenters. The van der Waals surface area contributed by atoms with Crippen molar-refractivity contribution in [1.82, 2.24) is 14.8 Å². The first-order valence-corrected chi connectivity index (χ1v) is 11.8. The van der Waals surface area contributed by atoms with Crippen molar-refractivity contribution in [3.63, 3.8) is 0 Å². The van der Waals surface area contributed by atoms with Crippen LogP contribution in [0.1, 0.15) is 0 Å². The minimum Gasteiger partial charge on any atom is -0.280 e. The van der Waals surface area contributed by atoms with Gasteiger partial charge in [-0.2, -0.15) is 0 Å². The van der Waals surface area contributed by atoms with Crippen molar-refractivity contribution in [2.75, 3.05) is 10.7 Å². The maximum atomic E-state index is 13.3. The van der Waals surface area contributed by atoms with Crippen LogP contribution < -0.4 is 4.90 Å². The Hall–Kier alpha value is -3.16. The third-order valence-corrected chi connectivity index (χ3v) is 6.01. The second-order valence-corrected chi connectivity index (χ2v) is 8.74. The first-order valence-electron chi connectivity index (χ1n) is 10.0. The van der Waals surface area contributed by atoms with E-state index in [4.69, 9.17) is 0 Å². The number of hydrogen-bond donors (Lipinski definition) is 0. The molecule has 0 atom stereocenters. The average Bonchev–Trinajstić information content (AvgIpc) is 3.23. The van der Waals surface area contributed by atoms with Crippen molar-refractivity contribution in [3.8, 4) is 11.4 Å². The summed E-state index contributed by atoms with van der Waals surface area (Å²) in [5, 5.41) is 5.15. The van der Waals surface area contributed by atoms with Crippen LogP contribution in [0, 0.1) is 0 Å². The van der Waals surface area contributed by atoms with Crippen molar-refractivity contribution in [2.45, 2.75) is 11.7 Å². The molecule has 0 saturated carbocycles. The second kappa shape index (κ2) is 10.4. The van der Waals surface area contributed by atoms with Crippen LogP contribution in [0.2, 0.25) is 0 Å². The lowest BCUT2D eigenvalue weighted by Crippen LogP contribution is -2.27. The number of para-hydroxylation sites is 2. The van der Waals surface area contributed by atoms with Crippen LogP contribution in [-0.4, -0.2) is 26.4 Å². The lowest BCUT2D eigenvalue weighted by atomic mass is 10.2. The highest BCUT2D eigenvalue weighted by Crippen LogP contribution is 2.28. The van der Waals surface area contributed by atoms with Gasteiger partial charge in [-0.25, -0.2) is 9.67 Å². The number of thioether (sulfide) groups is 1. The quantitative estimate of drug-likeness (QED) is 0.207. The number of allylic oxidation sites excluding steroid dienone is 1. The van der Waals surface area contributed by atoms with Crippen molar-refractivity contribution in [2.24, 2.45) is 0 Å². The molecule has 0 fully saturated rings. The lowest BCUT2D eigenvalue weighted by molar-refractivity contribution is -0.115. The van der Waals surface area contributed by atoms with Gasteiger partial charge < -0.3 is 0 Å². The number of amides is 1. The average molecular weight is 505 g/mol. The number of carbonyl (C=O) groups excluding carboxylic acids is 1. The third kappa shape index (κ3) is 5.18. The van der Waals surface area contributed by atoms with Crippen molar-refractivity contribution < 1.29 is 4.79 Å². The zero-order valence-corrected chi connectivity index (χ0v) is 19.7. The summed E-state index contributed by atoms with van der Waals surface area (Å²) in [7, 11) is 0. The van der Waals surface area contributed by atoms with Gasteiger partial charge in [0.05, 0.1) is 12.3 Å². The number of carbonyl (C=O) groups is 1. The molecular formula is C25H21BrN4OS. The number of aromatic nitrogens is 3. The molecule has 3 aromatic carbocycles. The summed E-state index contributed by atoms with van der Waals surface area (Å²) in [6.45, 7) is 4.35. The topological polar surface area (TPSA) is 51.0 Å². The Balaban J connectivity index is 1.56. The molecule has 1 amide bonds. The molecule has 4 aromatic rings.